The average Bonchev–Trinajstić information content (AvgIpc) is 2.85. The van der Waals surface area contributed by atoms with E-state index >= 15 is 0 Å². The van der Waals surface area contributed by atoms with E-state index in [0.717, 1.165) is 37.9 Å². The first-order valence-corrected chi connectivity index (χ1v) is 7.45. The highest BCUT2D eigenvalue weighted by Gasteiger charge is 2.58. The molecule has 4 heteroatoms. The predicted molar refractivity (Wildman–Crippen MR) is 75.7 cm³/mol. The van der Waals surface area contributed by atoms with Gasteiger partial charge in [0.2, 0.25) is 0 Å². The Kier molecular flexibility index (Phi) is 3.06. The Bertz CT molecular complexity index is 386. The minimum absolute atomic E-state index is 0.104. The van der Waals surface area contributed by atoms with Crippen LogP contribution in [0, 0.1) is 17.3 Å². The van der Waals surface area contributed by atoms with Crippen molar-refractivity contribution in [2.75, 3.05) is 13.2 Å². The SMILES string of the molecule is CC(C)[C@H]1COC(C2(C3=N[C@@H](C(C)C)CO3)CC2)=N1. The number of nitrogens with zero attached hydrogens (tertiary/aromatic N) is 2. The molecule has 1 fully saturated rings. The fourth-order valence-corrected chi connectivity index (χ4v) is 2.63. The standard InChI is InChI=1S/C15H24N2O2/c1-9(2)11-7-18-13(16-11)15(5-6-15)14-17-12(8-19-14)10(3)4/h9-12H,5-8H2,1-4H3/t11-,12-/m1/s1. The second kappa shape index (κ2) is 4.50. The van der Waals surface area contributed by atoms with Crippen LogP contribution in [-0.4, -0.2) is 37.1 Å². The van der Waals surface area contributed by atoms with Crippen LogP contribution in [0.4, 0.5) is 0 Å². The van der Waals surface area contributed by atoms with Crippen molar-refractivity contribution in [3.05, 3.63) is 0 Å². The molecule has 19 heavy (non-hydrogen) atoms. The smallest absolute Gasteiger partial charge is 0.199 e. The Balaban J connectivity index is 1.78. The van der Waals surface area contributed by atoms with Gasteiger partial charge in [-0.1, -0.05) is 27.7 Å². The first kappa shape index (κ1) is 12.9. The van der Waals surface area contributed by atoms with Crippen molar-refractivity contribution in [3.63, 3.8) is 0 Å². The van der Waals surface area contributed by atoms with E-state index in [1.807, 2.05) is 0 Å². The van der Waals surface area contributed by atoms with Crippen LogP contribution in [0.15, 0.2) is 9.98 Å². The predicted octanol–water partition coefficient (Wildman–Crippen LogP) is 2.67. The molecule has 0 radical (unpaired) electrons. The average molecular weight is 264 g/mol. The maximum Gasteiger partial charge on any atom is 0.199 e. The zero-order valence-corrected chi connectivity index (χ0v) is 12.3. The van der Waals surface area contributed by atoms with Gasteiger partial charge in [-0.15, -0.1) is 0 Å². The molecule has 1 saturated carbocycles. The zero-order chi connectivity index (χ0) is 13.6. The Morgan fingerprint density at radius 2 is 1.32 bits per heavy atom. The van der Waals surface area contributed by atoms with Gasteiger partial charge in [0.25, 0.3) is 0 Å². The molecule has 0 amide bonds. The molecule has 0 N–H and O–H groups in total. The third kappa shape index (κ3) is 2.15. The first-order valence-electron chi connectivity index (χ1n) is 7.45. The number of hydrogen-bond acceptors (Lipinski definition) is 4. The highest BCUT2D eigenvalue weighted by molar-refractivity contribution is 6.09. The third-order valence-electron chi connectivity index (χ3n) is 4.46. The highest BCUT2D eigenvalue weighted by atomic mass is 16.5. The van der Waals surface area contributed by atoms with E-state index in [1.165, 1.54) is 0 Å². The molecule has 106 valence electrons. The summed E-state index contributed by atoms with van der Waals surface area (Å²) in [6, 6.07) is 0.603. The van der Waals surface area contributed by atoms with Crippen molar-refractivity contribution in [1.29, 1.82) is 0 Å². The van der Waals surface area contributed by atoms with Crippen LogP contribution in [0.5, 0.6) is 0 Å². The molecule has 2 aliphatic heterocycles. The second-order valence-electron chi connectivity index (χ2n) is 6.70. The fraction of sp³-hybridized carbons (Fsp3) is 0.867. The Hall–Kier alpha value is -1.06. The van der Waals surface area contributed by atoms with Crippen LogP contribution in [-0.2, 0) is 9.47 Å². The van der Waals surface area contributed by atoms with E-state index in [9.17, 15) is 0 Å². The quantitative estimate of drug-likeness (QED) is 0.783. The molecule has 0 saturated heterocycles. The van der Waals surface area contributed by atoms with Crippen molar-refractivity contribution in [1.82, 2.24) is 0 Å². The maximum atomic E-state index is 5.85. The summed E-state index contributed by atoms with van der Waals surface area (Å²) in [5.41, 5.74) is -0.104. The summed E-state index contributed by atoms with van der Waals surface area (Å²) in [6.07, 6.45) is 2.14. The van der Waals surface area contributed by atoms with E-state index in [4.69, 9.17) is 19.5 Å². The summed E-state index contributed by atoms with van der Waals surface area (Å²) in [7, 11) is 0. The van der Waals surface area contributed by atoms with Crippen LogP contribution in [0.2, 0.25) is 0 Å². The van der Waals surface area contributed by atoms with Crippen LogP contribution < -0.4 is 0 Å². The molecule has 4 nitrogen and oxygen atoms in total. The second-order valence-corrected chi connectivity index (χ2v) is 6.70. The largest absolute Gasteiger partial charge is 0.478 e. The molecular weight excluding hydrogens is 240 g/mol. The van der Waals surface area contributed by atoms with E-state index in [0.29, 0.717) is 23.9 Å². The van der Waals surface area contributed by atoms with Gasteiger partial charge in [0.1, 0.15) is 18.6 Å². The minimum Gasteiger partial charge on any atom is -0.478 e. The first-order chi connectivity index (χ1) is 9.03. The number of hydrogen-bond donors (Lipinski definition) is 0. The molecule has 0 aromatic rings. The summed E-state index contributed by atoms with van der Waals surface area (Å²) in [5.74, 6) is 2.83. The summed E-state index contributed by atoms with van der Waals surface area (Å²) in [5, 5.41) is 0. The molecule has 1 aliphatic carbocycles. The van der Waals surface area contributed by atoms with Crippen LogP contribution in [0.1, 0.15) is 40.5 Å². The molecule has 2 atom stereocenters. The van der Waals surface area contributed by atoms with Gasteiger partial charge in [-0.2, -0.15) is 0 Å². The number of aliphatic imine (C=N–C) groups is 2. The summed E-state index contributed by atoms with van der Waals surface area (Å²) < 4.78 is 11.7. The van der Waals surface area contributed by atoms with Crippen LogP contribution >= 0.6 is 0 Å². The summed E-state index contributed by atoms with van der Waals surface area (Å²) in [4.78, 5) is 9.54. The molecule has 2 heterocycles. The lowest BCUT2D eigenvalue weighted by Gasteiger charge is -2.13. The lowest BCUT2D eigenvalue weighted by Crippen LogP contribution is -2.26. The van der Waals surface area contributed by atoms with Gasteiger partial charge in [-0.05, 0) is 24.7 Å². The monoisotopic (exact) mass is 264 g/mol. The van der Waals surface area contributed by atoms with Gasteiger partial charge in [0, 0.05) is 0 Å². The van der Waals surface area contributed by atoms with Gasteiger partial charge in [0.15, 0.2) is 11.8 Å². The van der Waals surface area contributed by atoms with E-state index < -0.39 is 0 Å². The highest BCUT2D eigenvalue weighted by Crippen LogP contribution is 2.51. The molecule has 0 bridgehead atoms. The summed E-state index contributed by atoms with van der Waals surface area (Å²) >= 11 is 0. The molecule has 0 unspecified atom stereocenters. The van der Waals surface area contributed by atoms with Crippen molar-refractivity contribution in [2.45, 2.75) is 52.6 Å². The molecular formula is C15H24N2O2. The minimum atomic E-state index is -0.104. The van der Waals surface area contributed by atoms with Gasteiger partial charge in [-0.3, -0.25) is 0 Å². The van der Waals surface area contributed by atoms with Gasteiger partial charge in [0.05, 0.1) is 12.1 Å². The van der Waals surface area contributed by atoms with Crippen molar-refractivity contribution >= 4 is 11.8 Å². The van der Waals surface area contributed by atoms with Gasteiger partial charge in [-0.25, -0.2) is 9.98 Å². The number of rotatable bonds is 4. The molecule has 0 aromatic carbocycles. The number of ether oxygens (including phenoxy) is 2. The Labute approximate surface area is 115 Å². The molecule has 3 rings (SSSR count). The van der Waals surface area contributed by atoms with E-state index in [-0.39, 0.29) is 5.41 Å². The fourth-order valence-electron chi connectivity index (χ4n) is 2.63. The van der Waals surface area contributed by atoms with E-state index in [2.05, 4.69) is 27.7 Å². The van der Waals surface area contributed by atoms with E-state index in [1.54, 1.807) is 0 Å². The van der Waals surface area contributed by atoms with Crippen LogP contribution in [0.25, 0.3) is 0 Å². The lowest BCUT2D eigenvalue weighted by molar-refractivity contribution is 0.262. The Morgan fingerprint density at radius 3 is 1.58 bits per heavy atom. The molecule has 0 aromatic heterocycles. The van der Waals surface area contributed by atoms with Crippen molar-refractivity contribution in [3.8, 4) is 0 Å². The zero-order valence-electron chi connectivity index (χ0n) is 12.3. The lowest BCUT2D eigenvalue weighted by atomic mass is 10.1. The van der Waals surface area contributed by atoms with Gasteiger partial charge >= 0.3 is 0 Å². The summed E-state index contributed by atoms with van der Waals surface area (Å²) in [6.45, 7) is 10.2. The van der Waals surface area contributed by atoms with Crippen molar-refractivity contribution in [2.24, 2.45) is 27.2 Å². The Morgan fingerprint density at radius 1 is 0.895 bits per heavy atom. The maximum absolute atomic E-state index is 5.85. The normalized spacial score (nSPS) is 32.1. The van der Waals surface area contributed by atoms with Gasteiger partial charge < -0.3 is 9.47 Å². The molecule has 0 spiro atoms. The topological polar surface area (TPSA) is 43.2 Å². The third-order valence-corrected chi connectivity index (χ3v) is 4.46. The van der Waals surface area contributed by atoms with Crippen molar-refractivity contribution < 1.29 is 9.47 Å². The molecule has 3 aliphatic rings. The van der Waals surface area contributed by atoms with Crippen LogP contribution in [0.3, 0.4) is 0 Å².